The first-order valence-corrected chi connectivity index (χ1v) is 11.7. The summed E-state index contributed by atoms with van der Waals surface area (Å²) >= 11 is 0. The van der Waals surface area contributed by atoms with Gasteiger partial charge in [0.2, 0.25) is 11.8 Å². The maximum atomic E-state index is 13.0. The Morgan fingerprint density at radius 3 is 2.23 bits per heavy atom. The van der Waals surface area contributed by atoms with Gasteiger partial charge in [0.15, 0.2) is 0 Å². The maximum Gasteiger partial charge on any atom is 0.255 e. The minimum absolute atomic E-state index is 0.000691. The predicted octanol–water partition coefficient (Wildman–Crippen LogP) is 4.62. The first-order valence-electron chi connectivity index (χ1n) is 11.7. The number of amides is 3. The molecule has 0 saturated carbocycles. The number of carbonyl (C=O) groups excluding carboxylic acids is 3. The normalized spacial score (nSPS) is 15.7. The molecule has 1 atom stereocenters. The number of rotatable bonds is 6. The molecular weight excluding hydrogens is 440 g/mol. The summed E-state index contributed by atoms with van der Waals surface area (Å²) in [7, 11) is 0. The van der Waals surface area contributed by atoms with E-state index in [4.69, 9.17) is 0 Å². The Morgan fingerprint density at radius 2 is 1.60 bits per heavy atom. The van der Waals surface area contributed by atoms with Gasteiger partial charge in [-0.1, -0.05) is 51.1 Å². The molecule has 0 aliphatic carbocycles. The summed E-state index contributed by atoms with van der Waals surface area (Å²) in [4.78, 5) is 44.2. The number of anilines is 2. The van der Waals surface area contributed by atoms with E-state index in [1.54, 1.807) is 47.5 Å². The molecule has 3 aromatic rings. The highest BCUT2D eigenvalue weighted by Crippen LogP contribution is 2.26. The van der Waals surface area contributed by atoms with E-state index in [1.807, 2.05) is 30.3 Å². The zero-order valence-electron chi connectivity index (χ0n) is 20.2. The third kappa shape index (κ3) is 5.93. The highest BCUT2D eigenvalue weighted by Gasteiger charge is 2.34. The average molecular weight is 471 g/mol. The molecule has 1 aliphatic heterocycles. The Kier molecular flexibility index (Phi) is 6.96. The third-order valence-electron chi connectivity index (χ3n) is 6.11. The van der Waals surface area contributed by atoms with E-state index in [0.717, 1.165) is 11.3 Å². The van der Waals surface area contributed by atoms with E-state index in [2.05, 4.69) is 36.4 Å². The monoisotopic (exact) mass is 470 g/mol. The molecule has 1 unspecified atom stereocenters. The molecular formula is C28H30N4O3. The number of carbonyl (C=O) groups is 3. The van der Waals surface area contributed by atoms with E-state index >= 15 is 0 Å². The Hall–Kier alpha value is -4.00. The molecule has 7 heteroatoms. The van der Waals surface area contributed by atoms with Gasteiger partial charge in [-0.15, -0.1) is 0 Å². The van der Waals surface area contributed by atoms with Crippen LogP contribution in [0.2, 0.25) is 0 Å². The molecule has 2 heterocycles. The Morgan fingerprint density at radius 1 is 0.943 bits per heavy atom. The van der Waals surface area contributed by atoms with Gasteiger partial charge in [-0.2, -0.15) is 0 Å². The lowest BCUT2D eigenvalue weighted by molar-refractivity contribution is -0.128. The number of benzene rings is 2. The quantitative estimate of drug-likeness (QED) is 0.550. The number of aromatic nitrogens is 1. The van der Waals surface area contributed by atoms with Crippen molar-refractivity contribution in [2.24, 2.45) is 5.92 Å². The summed E-state index contributed by atoms with van der Waals surface area (Å²) in [5.74, 6) is -1.06. The number of hydrogen-bond donors (Lipinski definition) is 2. The van der Waals surface area contributed by atoms with Gasteiger partial charge in [-0.05, 0) is 47.4 Å². The van der Waals surface area contributed by atoms with Gasteiger partial charge >= 0.3 is 0 Å². The van der Waals surface area contributed by atoms with Crippen LogP contribution in [0.1, 0.15) is 48.8 Å². The molecule has 180 valence electrons. The van der Waals surface area contributed by atoms with Crippen LogP contribution in [0.25, 0.3) is 0 Å². The standard InChI is InChI=1S/C28H30N4O3/c1-28(2,3)21-13-11-19(12-14-21)26(34)30-23-9-4-5-10-24(23)31-27(35)20-16-25(33)32(17-20)18-22-8-6-7-15-29-22/h4-15,20H,16-18H2,1-3H3,(H,30,34)(H,31,35). The molecule has 35 heavy (non-hydrogen) atoms. The largest absolute Gasteiger partial charge is 0.336 e. The second-order valence-electron chi connectivity index (χ2n) is 9.81. The molecule has 0 radical (unpaired) electrons. The van der Waals surface area contributed by atoms with Crippen molar-refractivity contribution in [2.45, 2.75) is 39.2 Å². The van der Waals surface area contributed by atoms with E-state index in [-0.39, 0.29) is 29.6 Å². The van der Waals surface area contributed by atoms with E-state index in [1.165, 1.54) is 0 Å². The highest BCUT2D eigenvalue weighted by molar-refractivity contribution is 6.07. The molecule has 2 N–H and O–H groups in total. The van der Waals surface area contributed by atoms with E-state index < -0.39 is 5.92 Å². The van der Waals surface area contributed by atoms with Gasteiger partial charge in [0.05, 0.1) is 29.5 Å². The van der Waals surface area contributed by atoms with Gasteiger partial charge in [0, 0.05) is 24.7 Å². The van der Waals surface area contributed by atoms with E-state index in [9.17, 15) is 14.4 Å². The summed E-state index contributed by atoms with van der Waals surface area (Å²) in [6.07, 6.45) is 1.83. The smallest absolute Gasteiger partial charge is 0.255 e. The van der Waals surface area contributed by atoms with Crippen molar-refractivity contribution in [3.05, 3.63) is 89.7 Å². The fourth-order valence-electron chi connectivity index (χ4n) is 4.04. The second-order valence-corrected chi connectivity index (χ2v) is 9.81. The summed E-state index contributed by atoms with van der Waals surface area (Å²) in [6.45, 7) is 7.07. The lowest BCUT2D eigenvalue weighted by Crippen LogP contribution is -2.28. The van der Waals surface area contributed by atoms with Gasteiger partial charge in [-0.25, -0.2) is 0 Å². The molecule has 1 saturated heterocycles. The summed E-state index contributed by atoms with van der Waals surface area (Å²) in [6, 6.07) is 20.1. The van der Waals surface area contributed by atoms with Gasteiger partial charge < -0.3 is 15.5 Å². The molecule has 1 aromatic heterocycles. The summed E-state index contributed by atoms with van der Waals surface area (Å²) in [5.41, 5.74) is 3.45. The minimum Gasteiger partial charge on any atom is -0.336 e. The maximum absolute atomic E-state index is 13.0. The lowest BCUT2D eigenvalue weighted by Gasteiger charge is -2.19. The SMILES string of the molecule is CC(C)(C)c1ccc(C(=O)Nc2ccccc2NC(=O)C2CC(=O)N(Cc3ccccn3)C2)cc1. The van der Waals surface area contributed by atoms with E-state index in [0.29, 0.717) is 30.0 Å². The zero-order chi connectivity index (χ0) is 25.0. The molecule has 4 rings (SSSR count). The van der Waals surface area contributed by atoms with Crippen molar-refractivity contribution in [1.29, 1.82) is 0 Å². The predicted molar refractivity (Wildman–Crippen MR) is 136 cm³/mol. The first-order chi connectivity index (χ1) is 16.7. The van der Waals surface area contributed by atoms with Crippen LogP contribution in [0.5, 0.6) is 0 Å². The van der Waals surface area contributed by atoms with Crippen molar-refractivity contribution < 1.29 is 14.4 Å². The second kappa shape index (κ2) is 10.1. The number of hydrogen-bond acceptors (Lipinski definition) is 4. The topological polar surface area (TPSA) is 91.4 Å². The van der Waals surface area contributed by atoms with Gasteiger partial charge in [0.1, 0.15) is 0 Å². The fourth-order valence-corrected chi connectivity index (χ4v) is 4.04. The number of para-hydroxylation sites is 2. The van der Waals surface area contributed by atoms with Crippen molar-refractivity contribution >= 4 is 29.1 Å². The number of likely N-dealkylation sites (tertiary alicyclic amines) is 1. The van der Waals surface area contributed by atoms with Crippen molar-refractivity contribution in [3.8, 4) is 0 Å². The third-order valence-corrected chi connectivity index (χ3v) is 6.11. The summed E-state index contributed by atoms with van der Waals surface area (Å²) in [5, 5.41) is 5.79. The summed E-state index contributed by atoms with van der Waals surface area (Å²) < 4.78 is 0. The number of nitrogens with zero attached hydrogens (tertiary/aromatic N) is 2. The van der Waals surface area contributed by atoms with Crippen LogP contribution in [0.3, 0.4) is 0 Å². The minimum atomic E-state index is -0.472. The van der Waals surface area contributed by atoms with Crippen LogP contribution in [-0.4, -0.2) is 34.2 Å². The molecule has 1 aliphatic rings. The van der Waals surface area contributed by atoms with Crippen molar-refractivity contribution in [1.82, 2.24) is 9.88 Å². The number of nitrogens with one attached hydrogen (secondary N) is 2. The molecule has 3 amide bonds. The van der Waals surface area contributed by atoms with Crippen molar-refractivity contribution in [2.75, 3.05) is 17.2 Å². The highest BCUT2D eigenvalue weighted by atomic mass is 16.2. The average Bonchev–Trinajstić information content (AvgIpc) is 3.20. The first kappa shape index (κ1) is 24.1. The van der Waals surface area contributed by atoms with Crippen LogP contribution in [0, 0.1) is 5.92 Å². The van der Waals surface area contributed by atoms with Crippen molar-refractivity contribution in [3.63, 3.8) is 0 Å². The number of pyridine rings is 1. The van der Waals surface area contributed by atoms with Crippen LogP contribution >= 0.6 is 0 Å². The van der Waals surface area contributed by atoms with Crippen LogP contribution in [0.4, 0.5) is 11.4 Å². The van der Waals surface area contributed by atoms with Crippen LogP contribution in [-0.2, 0) is 21.5 Å². The molecule has 1 fully saturated rings. The van der Waals surface area contributed by atoms with Crippen LogP contribution in [0.15, 0.2) is 72.9 Å². The fraction of sp³-hybridized carbons (Fsp3) is 0.286. The van der Waals surface area contributed by atoms with Gasteiger partial charge in [0.25, 0.3) is 5.91 Å². The molecule has 0 spiro atoms. The molecule has 7 nitrogen and oxygen atoms in total. The van der Waals surface area contributed by atoms with Gasteiger partial charge in [-0.3, -0.25) is 19.4 Å². The Bertz CT molecular complexity index is 1220. The lowest BCUT2D eigenvalue weighted by atomic mass is 9.87. The Labute approximate surface area is 205 Å². The molecule has 0 bridgehead atoms. The Balaban J connectivity index is 1.40. The van der Waals surface area contributed by atoms with Crippen LogP contribution < -0.4 is 10.6 Å². The molecule has 2 aromatic carbocycles. The zero-order valence-corrected chi connectivity index (χ0v) is 20.2.